The number of hydrogen-bond acceptors (Lipinski definition) is 5. The second-order valence-electron chi connectivity index (χ2n) is 7.78. The second-order valence-corrected chi connectivity index (χ2v) is 10.2. The third-order valence-corrected chi connectivity index (χ3v) is 7.95. The van der Waals surface area contributed by atoms with Crippen molar-refractivity contribution in [2.24, 2.45) is 0 Å². The second kappa shape index (κ2) is 8.41. The molecular weight excluding hydrogens is 529 g/mol. The van der Waals surface area contributed by atoms with Crippen LogP contribution in [-0.2, 0) is 22.9 Å². The van der Waals surface area contributed by atoms with Crippen LogP contribution in [0, 0.1) is 0 Å². The molecule has 2 aromatic carbocycles. The zero-order valence-electron chi connectivity index (χ0n) is 18.4. The van der Waals surface area contributed by atoms with Crippen molar-refractivity contribution in [2.45, 2.75) is 12.7 Å². The van der Waals surface area contributed by atoms with Crippen LogP contribution in [-0.4, -0.2) is 42.7 Å². The summed E-state index contributed by atoms with van der Waals surface area (Å²) >= 11 is 5.90. The number of halogens is 4. The summed E-state index contributed by atoms with van der Waals surface area (Å²) < 4.78 is 67.8. The van der Waals surface area contributed by atoms with Crippen LogP contribution in [0.2, 0.25) is 5.02 Å². The highest BCUT2D eigenvalue weighted by Crippen LogP contribution is 2.40. The fraction of sp³-hybridized carbons (Fsp3) is 0.190. The highest BCUT2D eigenvalue weighted by molar-refractivity contribution is 7.94. The Morgan fingerprint density at radius 3 is 2.31 bits per heavy atom. The molecule has 0 saturated carbocycles. The molecule has 0 atom stereocenters. The van der Waals surface area contributed by atoms with E-state index >= 15 is 0 Å². The summed E-state index contributed by atoms with van der Waals surface area (Å²) in [5.41, 5.74) is -4.10. The first-order chi connectivity index (χ1) is 16.7. The van der Waals surface area contributed by atoms with E-state index in [4.69, 9.17) is 11.6 Å². The molecule has 10 nitrogen and oxygen atoms in total. The normalized spacial score (nSPS) is 14.7. The number of rotatable bonds is 4. The topological polar surface area (TPSA) is 122 Å². The van der Waals surface area contributed by atoms with Crippen molar-refractivity contribution in [3.05, 3.63) is 85.1 Å². The summed E-state index contributed by atoms with van der Waals surface area (Å²) in [4.78, 5) is 37.8. The van der Waals surface area contributed by atoms with E-state index in [9.17, 15) is 41.1 Å². The monoisotopic (exact) mass is 544 g/mol. The van der Waals surface area contributed by atoms with E-state index in [1.54, 1.807) is 0 Å². The molecule has 0 fully saturated rings. The van der Waals surface area contributed by atoms with Gasteiger partial charge in [-0.2, -0.15) is 21.6 Å². The van der Waals surface area contributed by atoms with E-state index in [2.05, 4.69) is 0 Å². The van der Waals surface area contributed by atoms with Gasteiger partial charge in [0.2, 0.25) is 0 Å². The number of nitrogens with zero attached hydrogens (tertiary/aromatic N) is 4. The molecule has 190 valence electrons. The number of anilines is 2. The number of alkyl halides is 3. The lowest BCUT2D eigenvalue weighted by Gasteiger charge is -2.16. The van der Waals surface area contributed by atoms with E-state index < -0.39 is 56.3 Å². The predicted octanol–water partition coefficient (Wildman–Crippen LogP) is 2.55. The van der Waals surface area contributed by atoms with Gasteiger partial charge in [-0.05, 0) is 29.8 Å². The molecule has 36 heavy (non-hydrogen) atoms. The number of hydrogen-bond donors (Lipinski definition) is 1. The number of carboxylic acid groups (broad SMARTS) is 1. The Hall–Kier alpha value is -3.78. The van der Waals surface area contributed by atoms with Gasteiger partial charge >= 0.3 is 28.0 Å². The number of aromatic nitrogens is 2. The van der Waals surface area contributed by atoms with Crippen molar-refractivity contribution in [3.63, 3.8) is 0 Å². The summed E-state index contributed by atoms with van der Waals surface area (Å²) in [5, 5.41) is 8.79. The largest absolute Gasteiger partial charge is 0.477 e. The first-order valence-corrected chi connectivity index (χ1v) is 11.8. The van der Waals surface area contributed by atoms with E-state index in [1.165, 1.54) is 38.4 Å². The molecule has 2 heterocycles. The Bertz CT molecular complexity index is 1650. The van der Waals surface area contributed by atoms with E-state index in [0.717, 1.165) is 31.5 Å². The Morgan fingerprint density at radius 1 is 1.06 bits per heavy atom. The van der Waals surface area contributed by atoms with Gasteiger partial charge in [-0.3, -0.25) is 22.5 Å². The van der Waals surface area contributed by atoms with Gasteiger partial charge in [0.05, 0.1) is 34.2 Å². The molecule has 1 aromatic heterocycles. The van der Waals surface area contributed by atoms with Gasteiger partial charge in [0, 0.05) is 20.3 Å². The first kappa shape index (κ1) is 25.3. The van der Waals surface area contributed by atoms with Crippen molar-refractivity contribution in [3.8, 4) is 5.69 Å². The molecule has 0 unspecified atom stereocenters. The maximum atomic E-state index is 13.3. The zero-order chi connectivity index (χ0) is 26.7. The third kappa shape index (κ3) is 3.91. The van der Waals surface area contributed by atoms with Crippen LogP contribution in [0.15, 0.2) is 52.2 Å². The molecule has 15 heteroatoms. The van der Waals surface area contributed by atoms with E-state index in [-0.39, 0.29) is 22.6 Å². The fourth-order valence-electron chi connectivity index (χ4n) is 3.78. The molecular formula is C21H16ClF3N4O6S. The molecule has 4 rings (SSSR count). The maximum Gasteiger partial charge on any atom is 0.417 e. The van der Waals surface area contributed by atoms with Crippen molar-refractivity contribution in [1.82, 2.24) is 9.13 Å². The molecule has 0 amide bonds. The fourth-order valence-corrected chi connectivity index (χ4v) is 5.23. The lowest BCUT2D eigenvalue weighted by molar-refractivity contribution is -0.137. The van der Waals surface area contributed by atoms with Crippen LogP contribution < -0.4 is 19.9 Å². The number of aromatic carboxylic acids is 1. The van der Waals surface area contributed by atoms with Crippen LogP contribution in [0.25, 0.3) is 5.69 Å². The summed E-state index contributed by atoms with van der Waals surface area (Å²) in [6.07, 6.45) is -4.03. The average Bonchev–Trinajstić information content (AvgIpc) is 2.96. The third-order valence-electron chi connectivity index (χ3n) is 5.72. The summed E-state index contributed by atoms with van der Waals surface area (Å²) in [7, 11) is -1.24. The van der Waals surface area contributed by atoms with Gasteiger partial charge in [0.25, 0.3) is 5.56 Å². The molecule has 1 aliphatic rings. The number of carboxylic acids is 1. The van der Waals surface area contributed by atoms with Crippen LogP contribution >= 0.6 is 11.6 Å². The summed E-state index contributed by atoms with van der Waals surface area (Å²) in [6, 6.07) is 6.97. The molecule has 1 N–H and O–H groups in total. The van der Waals surface area contributed by atoms with E-state index in [1.807, 2.05) is 0 Å². The number of benzene rings is 2. The van der Waals surface area contributed by atoms with Gasteiger partial charge in [-0.15, -0.1) is 0 Å². The molecule has 0 aliphatic carbocycles. The minimum Gasteiger partial charge on any atom is -0.477 e. The maximum absolute atomic E-state index is 13.3. The molecule has 0 saturated heterocycles. The Morgan fingerprint density at radius 2 is 1.69 bits per heavy atom. The molecule has 0 bridgehead atoms. The Kier molecular flexibility index (Phi) is 5.92. The summed E-state index contributed by atoms with van der Waals surface area (Å²) in [5.74, 6) is -1.68. The predicted molar refractivity (Wildman–Crippen MR) is 125 cm³/mol. The molecule has 3 aromatic rings. The Labute approximate surface area is 206 Å². The number of carbonyl (C=O) groups is 1. The van der Waals surface area contributed by atoms with Crippen molar-refractivity contribution in [2.75, 3.05) is 22.7 Å². The van der Waals surface area contributed by atoms with Crippen LogP contribution in [0.5, 0.6) is 0 Å². The van der Waals surface area contributed by atoms with Crippen LogP contribution in [0.1, 0.15) is 21.5 Å². The van der Waals surface area contributed by atoms with Gasteiger partial charge in [-0.1, -0.05) is 23.7 Å². The Balaban J connectivity index is 1.92. The van der Waals surface area contributed by atoms with Gasteiger partial charge in [0.1, 0.15) is 5.56 Å². The lowest BCUT2D eigenvalue weighted by Crippen LogP contribution is -2.42. The van der Waals surface area contributed by atoms with Gasteiger partial charge < -0.3 is 5.11 Å². The molecule has 1 aliphatic heterocycles. The quantitative estimate of drug-likeness (QED) is 0.539. The van der Waals surface area contributed by atoms with Gasteiger partial charge in [-0.25, -0.2) is 9.59 Å². The minimum absolute atomic E-state index is 0.0162. The number of fused-ring (bicyclic) bond motifs is 1. The first-order valence-electron chi connectivity index (χ1n) is 9.98. The van der Waals surface area contributed by atoms with E-state index in [0.29, 0.717) is 4.57 Å². The van der Waals surface area contributed by atoms with Crippen LogP contribution in [0.3, 0.4) is 0 Å². The SMILES string of the molecule is CN1c2ccc(-n3cc(C(=O)O)c(=O)n(Cc4cccc(C(F)(F)F)c4Cl)c3=O)cc2N(C)S1(=O)=O. The lowest BCUT2D eigenvalue weighted by atomic mass is 10.1. The highest BCUT2D eigenvalue weighted by atomic mass is 35.5. The van der Waals surface area contributed by atoms with Crippen LogP contribution in [0.4, 0.5) is 24.5 Å². The molecule has 0 spiro atoms. The van der Waals surface area contributed by atoms with Crippen molar-refractivity contribution < 1.29 is 31.5 Å². The highest BCUT2D eigenvalue weighted by Gasteiger charge is 2.36. The smallest absolute Gasteiger partial charge is 0.417 e. The van der Waals surface area contributed by atoms with Crippen molar-refractivity contribution in [1.29, 1.82) is 0 Å². The minimum atomic E-state index is -4.80. The van der Waals surface area contributed by atoms with Crippen molar-refractivity contribution >= 4 is 39.2 Å². The zero-order valence-corrected chi connectivity index (χ0v) is 20.0. The van der Waals surface area contributed by atoms with Gasteiger partial charge in [0.15, 0.2) is 0 Å². The average molecular weight is 545 g/mol. The molecule has 0 radical (unpaired) electrons. The standard InChI is InChI=1S/C21H16ClF3N4O6S/c1-26-15-7-6-12(8-16(15)27(2)36(26,34)35)28-10-13(19(31)32)18(30)29(20(28)33)9-11-4-3-5-14(17(11)22)21(23,24)25/h3-8,10H,9H2,1-2H3,(H,31,32). The summed E-state index contributed by atoms with van der Waals surface area (Å²) in [6.45, 7) is -0.747.